The van der Waals surface area contributed by atoms with Crippen LogP contribution in [0.4, 0.5) is 5.82 Å². The number of anilines is 1. The molecule has 3 N–H and O–H groups in total. The highest BCUT2D eigenvalue weighted by atomic mass is 16.5. The number of aromatic nitrogens is 4. The predicted octanol–water partition coefficient (Wildman–Crippen LogP) is 1.23. The summed E-state index contributed by atoms with van der Waals surface area (Å²) in [5.41, 5.74) is 7.52. The van der Waals surface area contributed by atoms with Crippen molar-refractivity contribution in [3.63, 3.8) is 0 Å². The number of carbonyl (C=O) groups excluding carboxylic acids is 1. The summed E-state index contributed by atoms with van der Waals surface area (Å²) in [7, 11) is 2.96. The van der Waals surface area contributed by atoms with Crippen LogP contribution < -0.4 is 20.9 Å². The SMILES string of the molecule is COCCOc1nc(N)c2[nH]c(=O)n(CC3CCN(CCOc4cccc(CC(=O)OC)c4)CC3)c2n1. The summed E-state index contributed by atoms with van der Waals surface area (Å²) in [4.78, 5) is 37.8. The lowest BCUT2D eigenvalue weighted by molar-refractivity contribution is -0.139. The molecule has 0 saturated carbocycles. The monoisotopic (exact) mass is 514 g/mol. The molecule has 4 rings (SSSR count). The zero-order valence-corrected chi connectivity index (χ0v) is 21.3. The van der Waals surface area contributed by atoms with Gasteiger partial charge in [-0.1, -0.05) is 12.1 Å². The van der Waals surface area contributed by atoms with Crippen molar-refractivity contribution in [2.75, 3.05) is 59.4 Å². The van der Waals surface area contributed by atoms with Crippen LogP contribution in [0, 0.1) is 5.92 Å². The quantitative estimate of drug-likeness (QED) is 0.267. The van der Waals surface area contributed by atoms with Crippen LogP contribution in [-0.2, 0) is 27.2 Å². The van der Waals surface area contributed by atoms with E-state index in [4.69, 9.17) is 24.7 Å². The fourth-order valence-electron chi connectivity index (χ4n) is 4.41. The smallest absolute Gasteiger partial charge is 0.327 e. The van der Waals surface area contributed by atoms with Gasteiger partial charge < -0.3 is 29.7 Å². The summed E-state index contributed by atoms with van der Waals surface area (Å²) in [6.45, 7) is 4.41. The number of nitrogens with zero attached hydrogens (tertiary/aromatic N) is 4. The first-order chi connectivity index (χ1) is 18.0. The largest absolute Gasteiger partial charge is 0.492 e. The number of ether oxygens (including phenoxy) is 4. The Labute approximate surface area is 214 Å². The number of H-pyrrole nitrogens is 1. The Hall–Kier alpha value is -3.64. The molecule has 0 amide bonds. The van der Waals surface area contributed by atoms with Gasteiger partial charge in [0.05, 0.1) is 20.1 Å². The van der Waals surface area contributed by atoms with Crippen molar-refractivity contribution in [2.45, 2.75) is 25.8 Å². The molecule has 1 aliphatic rings. The van der Waals surface area contributed by atoms with E-state index in [9.17, 15) is 9.59 Å². The summed E-state index contributed by atoms with van der Waals surface area (Å²) in [5, 5.41) is 0. The number of rotatable bonds is 12. The summed E-state index contributed by atoms with van der Waals surface area (Å²) in [5.74, 6) is 0.973. The van der Waals surface area contributed by atoms with Crippen LogP contribution in [0.25, 0.3) is 11.2 Å². The van der Waals surface area contributed by atoms with Crippen LogP contribution in [0.2, 0.25) is 0 Å². The fourth-order valence-corrected chi connectivity index (χ4v) is 4.41. The van der Waals surface area contributed by atoms with Crippen LogP contribution >= 0.6 is 0 Å². The third-order valence-electron chi connectivity index (χ3n) is 6.45. The van der Waals surface area contributed by atoms with Gasteiger partial charge in [0.1, 0.15) is 24.5 Å². The molecular formula is C25H34N6O6. The van der Waals surface area contributed by atoms with Gasteiger partial charge in [0.2, 0.25) is 0 Å². The van der Waals surface area contributed by atoms with E-state index < -0.39 is 0 Å². The van der Waals surface area contributed by atoms with Gasteiger partial charge >= 0.3 is 17.7 Å². The molecule has 0 spiro atoms. The van der Waals surface area contributed by atoms with Crippen LogP contribution in [0.5, 0.6) is 11.8 Å². The van der Waals surface area contributed by atoms with E-state index in [1.165, 1.54) is 7.11 Å². The number of likely N-dealkylation sites (tertiary alicyclic amines) is 1. The number of nitrogens with two attached hydrogens (primary N) is 1. The molecule has 0 radical (unpaired) electrons. The van der Waals surface area contributed by atoms with Gasteiger partial charge in [-0.25, -0.2) is 4.79 Å². The molecule has 1 aliphatic heterocycles. The van der Waals surface area contributed by atoms with Gasteiger partial charge in [-0.3, -0.25) is 14.3 Å². The maximum Gasteiger partial charge on any atom is 0.327 e. The number of carbonyl (C=O) groups is 1. The minimum absolute atomic E-state index is 0.125. The minimum atomic E-state index is -0.276. The Kier molecular flexibility index (Phi) is 8.96. The number of piperidine rings is 1. The topological polar surface area (TPSA) is 147 Å². The maximum absolute atomic E-state index is 12.6. The lowest BCUT2D eigenvalue weighted by atomic mass is 9.97. The van der Waals surface area contributed by atoms with E-state index in [1.54, 1.807) is 11.7 Å². The second-order valence-electron chi connectivity index (χ2n) is 9.01. The van der Waals surface area contributed by atoms with Gasteiger partial charge in [0, 0.05) is 20.2 Å². The molecule has 2 aromatic heterocycles. The Morgan fingerprint density at radius 3 is 2.70 bits per heavy atom. The molecule has 200 valence electrons. The molecule has 12 heteroatoms. The number of methoxy groups -OCH3 is 2. The number of nitrogens with one attached hydrogen (secondary N) is 1. The summed E-state index contributed by atoms with van der Waals surface area (Å²) >= 11 is 0. The van der Waals surface area contributed by atoms with Crippen LogP contribution in [0.15, 0.2) is 29.1 Å². The van der Waals surface area contributed by atoms with Crippen molar-refractivity contribution in [2.24, 2.45) is 5.92 Å². The van der Waals surface area contributed by atoms with Gasteiger partial charge in [0.15, 0.2) is 11.5 Å². The maximum atomic E-state index is 12.6. The van der Waals surface area contributed by atoms with Crippen LogP contribution in [-0.4, -0.2) is 84.1 Å². The fraction of sp³-hybridized carbons (Fsp3) is 0.520. The average molecular weight is 515 g/mol. The molecule has 1 saturated heterocycles. The van der Waals surface area contributed by atoms with Crippen molar-refractivity contribution in [3.8, 4) is 11.8 Å². The lowest BCUT2D eigenvalue weighted by Crippen LogP contribution is -2.38. The molecule has 12 nitrogen and oxygen atoms in total. The standard InChI is InChI=1S/C25H34N6O6/c1-34-12-13-37-24-28-22(26)21-23(29-24)31(25(33)27-21)16-17-6-8-30(9-7-17)10-11-36-19-5-3-4-18(14-19)15-20(32)35-2/h3-5,14,17H,6-13,15-16H2,1-2H3,(H,27,33)(H2,26,28,29). The number of benzene rings is 1. The van der Waals surface area contributed by atoms with E-state index in [0.29, 0.717) is 36.8 Å². The van der Waals surface area contributed by atoms with Gasteiger partial charge in [-0.15, -0.1) is 0 Å². The molecule has 0 aliphatic carbocycles. The number of aromatic amines is 1. The van der Waals surface area contributed by atoms with E-state index in [1.807, 2.05) is 24.3 Å². The van der Waals surface area contributed by atoms with Crippen molar-refractivity contribution in [3.05, 3.63) is 40.3 Å². The summed E-state index contributed by atoms with van der Waals surface area (Å²) in [6.07, 6.45) is 2.12. The Morgan fingerprint density at radius 1 is 1.14 bits per heavy atom. The Balaban J connectivity index is 1.28. The third kappa shape index (κ3) is 6.98. The zero-order chi connectivity index (χ0) is 26.2. The molecule has 0 unspecified atom stereocenters. The van der Waals surface area contributed by atoms with E-state index in [2.05, 4.69) is 19.9 Å². The molecule has 1 aromatic carbocycles. The number of hydrogen-bond donors (Lipinski definition) is 2. The molecule has 37 heavy (non-hydrogen) atoms. The first-order valence-corrected chi connectivity index (χ1v) is 12.4. The predicted molar refractivity (Wildman–Crippen MR) is 137 cm³/mol. The first kappa shape index (κ1) is 26.4. The molecule has 0 atom stereocenters. The average Bonchev–Trinajstić information content (AvgIpc) is 3.21. The number of hydrogen-bond acceptors (Lipinski definition) is 10. The molecule has 1 fully saturated rings. The van der Waals surface area contributed by atoms with Crippen LogP contribution in [0.1, 0.15) is 18.4 Å². The molecule has 3 aromatic rings. The highest BCUT2D eigenvalue weighted by molar-refractivity contribution is 5.81. The van der Waals surface area contributed by atoms with Crippen molar-refractivity contribution >= 4 is 23.0 Å². The molecule has 3 heterocycles. The second-order valence-corrected chi connectivity index (χ2v) is 9.01. The molecule has 0 bridgehead atoms. The minimum Gasteiger partial charge on any atom is -0.492 e. The number of fused-ring (bicyclic) bond motifs is 1. The highest BCUT2D eigenvalue weighted by Crippen LogP contribution is 2.23. The summed E-state index contributed by atoms with van der Waals surface area (Å²) < 4.78 is 22.8. The number of nitrogen functional groups attached to an aromatic ring is 1. The van der Waals surface area contributed by atoms with Crippen molar-refractivity contribution in [1.29, 1.82) is 0 Å². The number of imidazole rings is 1. The molecular weight excluding hydrogens is 480 g/mol. The lowest BCUT2D eigenvalue weighted by Gasteiger charge is -2.31. The van der Waals surface area contributed by atoms with Gasteiger partial charge in [0.25, 0.3) is 0 Å². The zero-order valence-electron chi connectivity index (χ0n) is 21.3. The van der Waals surface area contributed by atoms with E-state index in [-0.39, 0.29) is 36.5 Å². The van der Waals surface area contributed by atoms with Crippen LogP contribution in [0.3, 0.4) is 0 Å². The van der Waals surface area contributed by atoms with Crippen molar-refractivity contribution in [1.82, 2.24) is 24.4 Å². The first-order valence-electron chi connectivity index (χ1n) is 12.4. The Morgan fingerprint density at radius 2 is 1.95 bits per heavy atom. The number of esters is 1. The van der Waals surface area contributed by atoms with E-state index >= 15 is 0 Å². The highest BCUT2D eigenvalue weighted by Gasteiger charge is 2.22. The van der Waals surface area contributed by atoms with Gasteiger partial charge in [-0.05, 0) is 49.5 Å². The Bertz CT molecular complexity index is 1250. The van der Waals surface area contributed by atoms with Crippen molar-refractivity contribution < 1.29 is 23.7 Å². The second kappa shape index (κ2) is 12.5. The van der Waals surface area contributed by atoms with Gasteiger partial charge in [-0.2, -0.15) is 9.97 Å². The third-order valence-corrected chi connectivity index (χ3v) is 6.45. The summed E-state index contributed by atoms with van der Waals surface area (Å²) in [6, 6.07) is 7.63. The normalized spacial score (nSPS) is 14.6. The van der Waals surface area contributed by atoms with E-state index in [0.717, 1.165) is 43.8 Å².